The highest BCUT2D eigenvalue weighted by atomic mass is 16.3. The maximum atomic E-state index is 8.60. The normalized spacial score (nSPS) is 18.9. The number of aliphatic hydroxyl groups is 1. The van der Waals surface area contributed by atoms with E-state index >= 15 is 0 Å². The molecule has 0 heterocycles. The molecule has 0 amide bonds. The van der Waals surface area contributed by atoms with E-state index in [1.54, 1.807) is 0 Å². The summed E-state index contributed by atoms with van der Waals surface area (Å²) < 4.78 is 0. The van der Waals surface area contributed by atoms with Crippen LogP contribution in [0.3, 0.4) is 0 Å². The van der Waals surface area contributed by atoms with Gasteiger partial charge in [-0.05, 0) is 12.3 Å². The summed E-state index contributed by atoms with van der Waals surface area (Å²) in [5.41, 5.74) is 5.10. The number of aliphatic hydroxyl groups excluding tert-OH is 1. The van der Waals surface area contributed by atoms with Gasteiger partial charge in [-0.15, -0.1) is 0 Å². The van der Waals surface area contributed by atoms with Crippen molar-refractivity contribution in [2.75, 3.05) is 0 Å². The third-order valence-corrected chi connectivity index (χ3v) is 1.23. The molecule has 0 aliphatic carbocycles. The highest BCUT2D eigenvalue weighted by molar-refractivity contribution is 4.52. The molecule has 7 heavy (non-hydrogen) atoms. The number of rotatable bonds is 2. The van der Waals surface area contributed by atoms with E-state index in [1.807, 2.05) is 13.8 Å². The molecule has 0 rings (SSSR count). The molecule has 44 valence electrons. The molecule has 0 aromatic heterocycles. The molecule has 1 unspecified atom stereocenters. The minimum absolute atomic E-state index is 0.236. The summed E-state index contributed by atoms with van der Waals surface area (Å²) in [4.78, 5) is 0. The average Bonchev–Trinajstić information content (AvgIpc) is 1.65. The fourth-order valence-corrected chi connectivity index (χ4v) is 0.241. The Hall–Kier alpha value is -0.0800. The second-order valence-corrected chi connectivity index (χ2v) is 1.88. The average molecular weight is 103 g/mol. The van der Waals surface area contributed by atoms with Crippen LogP contribution in [0.25, 0.3) is 0 Å². The van der Waals surface area contributed by atoms with Crippen LogP contribution in [-0.2, 0) is 0 Å². The van der Waals surface area contributed by atoms with Gasteiger partial charge in [-0.25, -0.2) is 0 Å². The second kappa shape index (κ2) is 2.99. The van der Waals surface area contributed by atoms with Crippen molar-refractivity contribution in [2.45, 2.75) is 26.5 Å². The number of nitrogens with two attached hydrogens (primary N) is 1. The molecular formula is C5H13NO. The van der Waals surface area contributed by atoms with Gasteiger partial charge in [0, 0.05) is 0 Å². The lowest BCUT2D eigenvalue weighted by Crippen LogP contribution is -2.26. The number of hydrogen-bond acceptors (Lipinski definition) is 2. The monoisotopic (exact) mass is 103 g/mol. The van der Waals surface area contributed by atoms with Crippen molar-refractivity contribution < 1.29 is 5.11 Å². The highest BCUT2D eigenvalue weighted by Crippen LogP contribution is 2.00. The van der Waals surface area contributed by atoms with Crippen LogP contribution in [-0.4, -0.2) is 11.3 Å². The summed E-state index contributed by atoms with van der Waals surface area (Å²) in [5.74, 6) is 0.236. The first-order valence-electron chi connectivity index (χ1n) is 2.62. The zero-order chi connectivity index (χ0) is 5.86. The molecule has 3 N–H and O–H groups in total. The van der Waals surface area contributed by atoms with Gasteiger partial charge in [0.1, 0.15) is 6.23 Å². The van der Waals surface area contributed by atoms with Crippen LogP contribution in [0.2, 0.25) is 0 Å². The largest absolute Gasteiger partial charge is 0.379 e. The standard InChI is InChI=1S/C5H13NO/c1-3-4(2)5(6)7/h4-5,7H,3,6H2,1-2H3/t4-,5?/m0/s1. The lowest BCUT2D eigenvalue weighted by Gasteiger charge is -2.09. The molecule has 0 fully saturated rings. The fraction of sp³-hybridized carbons (Fsp3) is 1.00. The van der Waals surface area contributed by atoms with E-state index in [0.717, 1.165) is 6.42 Å². The highest BCUT2D eigenvalue weighted by Gasteiger charge is 2.03. The molecule has 0 aromatic carbocycles. The Morgan fingerprint density at radius 2 is 2.14 bits per heavy atom. The van der Waals surface area contributed by atoms with Crippen LogP contribution in [0.5, 0.6) is 0 Å². The van der Waals surface area contributed by atoms with E-state index in [1.165, 1.54) is 0 Å². The van der Waals surface area contributed by atoms with E-state index in [0.29, 0.717) is 0 Å². The molecule has 0 saturated carbocycles. The minimum Gasteiger partial charge on any atom is -0.379 e. The Bertz CT molecular complexity index is 45.3. The van der Waals surface area contributed by atoms with Crippen LogP contribution >= 0.6 is 0 Å². The van der Waals surface area contributed by atoms with Gasteiger partial charge in [-0.3, -0.25) is 0 Å². The van der Waals surface area contributed by atoms with Crippen LogP contribution in [0.1, 0.15) is 20.3 Å². The van der Waals surface area contributed by atoms with Crippen LogP contribution in [0.4, 0.5) is 0 Å². The molecule has 0 aliphatic heterocycles. The summed E-state index contributed by atoms with van der Waals surface area (Å²) in [5, 5.41) is 8.60. The molecule has 0 radical (unpaired) electrons. The Morgan fingerprint density at radius 3 is 2.14 bits per heavy atom. The molecule has 2 nitrogen and oxygen atoms in total. The van der Waals surface area contributed by atoms with E-state index < -0.39 is 6.23 Å². The second-order valence-electron chi connectivity index (χ2n) is 1.88. The van der Waals surface area contributed by atoms with Gasteiger partial charge in [-0.2, -0.15) is 0 Å². The lowest BCUT2D eigenvalue weighted by atomic mass is 10.1. The first-order chi connectivity index (χ1) is 3.18. The third kappa shape index (κ3) is 2.60. The Balaban J connectivity index is 3.14. The fourth-order valence-electron chi connectivity index (χ4n) is 0.241. The minimum atomic E-state index is -0.634. The van der Waals surface area contributed by atoms with Gasteiger partial charge >= 0.3 is 0 Å². The Labute approximate surface area is 44.3 Å². The van der Waals surface area contributed by atoms with Crippen molar-refractivity contribution in [1.82, 2.24) is 0 Å². The van der Waals surface area contributed by atoms with Gasteiger partial charge in [0.25, 0.3) is 0 Å². The van der Waals surface area contributed by atoms with Gasteiger partial charge in [0.15, 0.2) is 0 Å². The lowest BCUT2D eigenvalue weighted by molar-refractivity contribution is 0.121. The van der Waals surface area contributed by atoms with E-state index in [4.69, 9.17) is 10.8 Å². The van der Waals surface area contributed by atoms with E-state index in [-0.39, 0.29) is 5.92 Å². The maximum Gasteiger partial charge on any atom is 0.104 e. The predicted molar refractivity (Wildman–Crippen MR) is 29.6 cm³/mol. The van der Waals surface area contributed by atoms with Gasteiger partial charge in [0.2, 0.25) is 0 Å². The molecule has 2 heteroatoms. The zero-order valence-corrected chi connectivity index (χ0v) is 4.89. The molecule has 0 aliphatic rings. The Kier molecular flexibility index (Phi) is 2.96. The van der Waals surface area contributed by atoms with E-state index in [2.05, 4.69) is 0 Å². The topological polar surface area (TPSA) is 46.2 Å². The van der Waals surface area contributed by atoms with Crippen molar-refractivity contribution in [3.05, 3.63) is 0 Å². The molecule has 0 spiro atoms. The summed E-state index contributed by atoms with van der Waals surface area (Å²) in [6.07, 6.45) is 0.308. The summed E-state index contributed by atoms with van der Waals surface area (Å²) >= 11 is 0. The van der Waals surface area contributed by atoms with Crippen LogP contribution < -0.4 is 5.73 Å². The van der Waals surface area contributed by atoms with Crippen LogP contribution in [0.15, 0.2) is 0 Å². The van der Waals surface area contributed by atoms with Crippen molar-refractivity contribution in [1.29, 1.82) is 0 Å². The van der Waals surface area contributed by atoms with Gasteiger partial charge in [0.05, 0.1) is 0 Å². The first-order valence-corrected chi connectivity index (χ1v) is 2.62. The predicted octanol–water partition coefficient (Wildman–Crippen LogP) is 0.310. The van der Waals surface area contributed by atoms with E-state index in [9.17, 15) is 0 Å². The summed E-state index contributed by atoms with van der Waals surface area (Å²) in [6, 6.07) is 0. The molecule has 0 aromatic rings. The van der Waals surface area contributed by atoms with Crippen LogP contribution in [0, 0.1) is 5.92 Å². The van der Waals surface area contributed by atoms with Gasteiger partial charge < -0.3 is 10.8 Å². The van der Waals surface area contributed by atoms with Gasteiger partial charge in [-0.1, -0.05) is 13.8 Å². The smallest absolute Gasteiger partial charge is 0.104 e. The molecular weight excluding hydrogens is 90.1 g/mol. The zero-order valence-electron chi connectivity index (χ0n) is 4.89. The Morgan fingerprint density at radius 1 is 1.71 bits per heavy atom. The first kappa shape index (κ1) is 6.92. The summed E-state index contributed by atoms with van der Waals surface area (Å²) in [7, 11) is 0. The molecule has 0 bridgehead atoms. The van der Waals surface area contributed by atoms with Crippen molar-refractivity contribution in [2.24, 2.45) is 11.7 Å². The van der Waals surface area contributed by atoms with Crippen molar-refractivity contribution >= 4 is 0 Å². The third-order valence-electron chi connectivity index (χ3n) is 1.23. The van der Waals surface area contributed by atoms with Crippen molar-refractivity contribution in [3.63, 3.8) is 0 Å². The number of hydrogen-bond donors (Lipinski definition) is 2. The molecule has 0 saturated heterocycles. The van der Waals surface area contributed by atoms with Crippen molar-refractivity contribution in [3.8, 4) is 0 Å². The molecule has 2 atom stereocenters. The summed E-state index contributed by atoms with van der Waals surface area (Å²) in [6.45, 7) is 3.92. The SMILES string of the molecule is CC[C@H](C)C(N)O. The quantitative estimate of drug-likeness (QED) is 0.494. The maximum absolute atomic E-state index is 8.60.